The summed E-state index contributed by atoms with van der Waals surface area (Å²) in [5.41, 5.74) is 2.45. The normalized spacial score (nSPS) is 20.4. The van der Waals surface area contributed by atoms with Gasteiger partial charge >= 0.3 is 0 Å². The number of likely N-dealkylation sites (N-methyl/N-ethyl adjacent to an activating group) is 1. The van der Waals surface area contributed by atoms with Crippen molar-refractivity contribution in [1.29, 1.82) is 0 Å². The molecule has 150 valence electrons. The minimum Gasteiger partial charge on any atom is -0.378 e. The minimum atomic E-state index is -0.484. The highest BCUT2D eigenvalue weighted by molar-refractivity contribution is 5.94. The molecule has 0 spiro atoms. The molecule has 0 saturated carbocycles. The number of quaternary nitrogens is 2. The minimum absolute atomic E-state index is 0.0991. The monoisotopic (exact) mass is 386 g/mol. The largest absolute Gasteiger partial charge is 0.378 e. The molecule has 0 aliphatic carbocycles. The van der Waals surface area contributed by atoms with Gasteiger partial charge in [0.15, 0.2) is 0 Å². The molecule has 1 heterocycles. The van der Waals surface area contributed by atoms with Crippen LogP contribution in [0.1, 0.15) is 22.0 Å². The van der Waals surface area contributed by atoms with E-state index in [2.05, 4.69) is 41.5 Å². The Morgan fingerprint density at radius 3 is 2.32 bits per heavy atom. The Labute approximate surface area is 166 Å². The van der Waals surface area contributed by atoms with Gasteiger partial charge in [0.1, 0.15) is 38.0 Å². The zero-order valence-electron chi connectivity index (χ0n) is 17.0. The molecule has 0 unspecified atom stereocenters. The van der Waals surface area contributed by atoms with E-state index in [0.29, 0.717) is 6.54 Å². The van der Waals surface area contributed by atoms with Crippen LogP contribution >= 0.6 is 0 Å². The van der Waals surface area contributed by atoms with Crippen LogP contribution in [0.25, 0.3) is 0 Å². The molecule has 6 heteroatoms. The lowest BCUT2D eigenvalue weighted by Gasteiger charge is -2.33. The second kappa shape index (κ2) is 9.17. The number of benzene rings is 2. The number of rotatable bonds is 6. The van der Waals surface area contributed by atoms with Crippen molar-refractivity contribution < 1.29 is 19.0 Å². The van der Waals surface area contributed by atoms with Crippen molar-refractivity contribution in [3.63, 3.8) is 0 Å². The SMILES string of the molecule is CN(C)c1ccc([C@H](CNC(=O)c2ccccc2F)[NH+]2CC[NH+](C)CC2)cc1. The summed E-state index contributed by atoms with van der Waals surface area (Å²) >= 11 is 0. The molecular weight excluding hydrogens is 355 g/mol. The quantitative estimate of drug-likeness (QED) is 0.642. The Hall–Kier alpha value is -2.44. The first-order valence-corrected chi connectivity index (χ1v) is 9.91. The molecular formula is C22H31FN4O+2. The first kappa shape index (κ1) is 20.3. The van der Waals surface area contributed by atoms with Gasteiger partial charge in [0.25, 0.3) is 5.91 Å². The maximum Gasteiger partial charge on any atom is 0.254 e. The van der Waals surface area contributed by atoms with Crippen LogP contribution in [0.5, 0.6) is 0 Å². The average molecular weight is 387 g/mol. The molecule has 0 aromatic heterocycles. The highest BCUT2D eigenvalue weighted by atomic mass is 19.1. The van der Waals surface area contributed by atoms with Crippen molar-refractivity contribution in [3.05, 3.63) is 65.5 Å². The van der Waals surface area contributed by atoms with Crippen LogP contribution in [-0.2, 0) is 0 Å². The van der Waals surface area contributed by atoms with Crippen LogP contribution in [0, 0.1) is 5.82 Å². The van der Waals surface area contributed by atoms with E-state index in [4.69, 9.17) is 0 Å². The second-order valence-electron chi connectivity index (χ2n) is 7.84. The van der Waals surface area contributed by atoms with E-state index in [9.17, 15) is 9.18 Å². The number of carbonyl (C=O) groups is 1. The first-order chi connectivity index (χ1) is 13.5. The number of nitrogens with zero attached hydrogens (tertiary/aromatic N) is 1. The molecule has 1 aliphatic heterocycles. The smallest absolute Gasteiger partial charge is 0.254 e. The predicted molar refractivity (Wildman–Crippen MR) is 110 cm³/mol. The number of amides is 1. The number of carbonyl (C=O) groups excluding carboxylic acids is 1. The Morgan fingerprint density at radius 2 is 1.71 bits per heavy atom. The van der Waals surface area contributed by atoms with Gasteiger partial charge < -0.3 is 20.0 Å². The van der Waals surface area contributed by atoms with Crippen LogP contribution < -0.4 is 20.0 Å². The Balaban J connectivity index is 1.76. The van der Waals surface area contributed by atoms with E-state index in [0.717, 1.165) is 31.9 Å². The molecule has 0 bridgehead atoms. The van der Waals surface area contributed by atoms with E-state index in [1.807, 2.05) is 14.1 Å². The van der Waals surface area contributed by atoms with E-state index < -0.39 is 5.82 Å². The van der Waals surface area contributed by atoms with Crippen LogP contribution in [0.15, 0.2) is 48.5 Å². The summed E-state index contributed by atoms with van der Waals surface area (Å²) in [5.74, 6) is -0.838. The van der Waals surface area contributed by atoms with Crippen molar-refractivity contribution in [2.24, 2.45) is 0 Å². The lowest BCUT2D eigenvalue weighted by molar-refractivity contribution is -1.02. The van der Waals surface area contributed by atoms with Crippen molar-refractivity contribution in [2.75, 3.05) is 58.8 Å². The standard InChI is InChI=1S/C22H29FN4O/c1-25(2)18-10-8-17(9-11-18)21(27-14-12-26(3)13-15-27)16-24-22(28)19-6-4-5-7-20(19)23/h4-11,21H,12-16H2,1-3H3,(H,24,28)/p+2/t21-/m0/s1. The zero-order valence-corrected chi connectivity index (χ0v) is 17.0. The van der Waals surface area contributed by atoms with Gasteiger partial charge in [-0.3, -0.25) is 4.79 Å². The van der Waals surface area contributed by atoms with Gasteiger partial charge in [0.2, 0.25) is 0 Å². The summed E-state index contributed by atoms with van der Waals surface area (Å²) in [4.78, 5) is 17.6. The Morgan fingerprint density at radius 1 is 1.07 bits per heavy atom. The molecule has 28 heavy (non-hydrogen) atoms. The summed E-state index contributed by atoms with van der Waals surface area (Å²) in [5, 5.41) is 2.97. The van der Waals surface area contributed by atoms with Gasteiger partial charge in [-0.2, -0.15) is 0 Å². The topological polar surface area (TPSA) is 41.2 Å². The molecule has 1 fully saturated rings. The lowest BCUT2D eigenvalue weighted by atomic mass is 10.0. The van der Waals surface area contributed by atoms with E-state index in [1.165, 1.54) is 22.6 Å². The third-order valence-electron chi connectivity index (χ3n) is 5.64. The third kappa shape index (κ3) is 4.88. The number of piperazine rings is 1. The maximum absolute atomic E-state index is 13.9. The van der Waals surface area contributed by atoms with Crippen LogP contribution in [0.2, 0.25) is 0 Å². The van der Waals surface area contributed by atoms with Crippen LogP contribution in [-0.4, -0.2) is 59.8 Å². The van der Waals surface area contributed by atoms with E-state index in [-0.39, 0.29) is 17.5 Å². The summed E-state index contributed by atoms with van der Waals surface area (Å²) in [7, 11) is 6.27. The molecule has 5 nitrogen and oxygen atoms in total. The fraction of sp³-hybridized carbons (Fsp3) is 0.409. The van der Waals surface area contributed by atoms with Gasteiger partial charge in [-0.25, -0.2) is 4.39 Å². The summed E-state index contributed by atoms with van der Waals surface area (Å²) < 4.78 is 13.9. The Bertz CT molecular complexity index is 785. The maximum atomic E-state index is 13.9. The van der Waals surface area contributed by atoms with E-state index in [1.54, 1.807) is 17.0 Å². The summed E-state index contributed by atoms with van der Waals surface area (Å²) in [6.07, 6.45) is 0. The molecule has 3 N–H and O–H groups in total. The number of anilines is 1. The van der Waals surface area contributed by atoms with Crippen molar-refractivity contribution in [2.45, 2.75) is 6.04 Å². The van der Waals surface area contributed by atoms with Crippen LogP contribution in [0.4, 0.5) is 10.1 Å². The predicted octanol–water partition coefficient (Wildman–Crippen LogP) is -0.224. The number of hydrogen-bond donors (Lipinski definition) is 3. The number of halogens is 1. The average Bonchev–Trinajstić information content (AvgIpc) is 2.70. The van der Waals surface area contributed by atoms with Gasteiger partial charge in [-0.15, -0.1) is 0 Å². The van der Waals surface area contributed by atoms with Gasteiger partial charge in [-0.05, 0) is 24.3 Å². The van der Waals surface area contributed by atoms with Gasteiger partial charge in [0.05, 0.1) is 19.2 Å². The van der Waals surface area contributed by atoms with Crippen molar-refractivity contribution >= 4 is 11.6 Å². The molecule has 0 radical (unpaired) electrons. The molecule has 1 atom stereocenters. The molecule has 1 amide bonds. The molecule has 3 rings (SSSR count). The number of nitrogens with one attached hydrogen (secondary N) is 3. The van der Waals surface area contributed by atoms with Crippen molar-refractivity contribution in [1.82, 2.24) is 5.32 Å². The van der Waals surface area contributed by atoms with Crippen LogP contribution in [0.3, 0.4) is 0 Å². The highest BCUT2D eigenvalue weighted by Gasteiger charge is 2.30. The van der Waals surface area contributed by atoms with Gasteiger partial charge in [0, 0.05) is 25.3 Å². The molecule has 1 aliphatic rings. The molecule has 2 aromatic rings. The summed E-state index contributed by atoms with van der Waals surface area (Å²) in [6, 6.07) is 14.8. The fourth-order valence-electron chi connectivity index (χ4n) is 3.78. The summed E-state index contributed by atoms with van der Waals surface area (Å²) in [6.45, 7) is 4.83. The zero-order chi connectivity index (χ0) is 20.1. The number of hydrogen-bond acceptors (Lipinski definition) is 2. The second-order valence-corrected chi connectivity index (χ2v) is 7.84. The lowest BCUT2D eigenvalue weighted by Crippen LogP contribution is -3.27. The fourth-order valence-corrected chi connectivity index (χ4v) is 3.78. The molecule has 2 aromatic carbocycles. The first-order valence-electron chi connectivity index (χ1n) is 9.91. The third-order valence-corrected chi connectivity index (χ3v) is 5.64. The van der Waals surface area contributed by atoms with Gasteiger partial charge in [-0.1, -0.05) is 24.3 Å². The van der Waals surface area contributed by atoms with E-state index >= 15 is 0 Å². The van der Waals surface area contributed by atoms with Crippen molar-refractivity contribution in [3.8, 4) is 0 Å². The highest BCUT2D eigenvalue weighted by Crippen LogP contribution is 2.16. The molecule has 1 saturated heterocycles. The Kier molecular flexibility index (Phi) is 6.65.